The first kappa shape index (κ1) is 14.1. The highest BCUT2D eigenvalue weighted by Crippen LogP contribution is 2.21. The summed E-state index contributed by atoms with van der Waals surface area (Å²) in [6.07, 6.45) is 1.63. The van der Waals surface area contributed by atoms with E-state index in [4.69, 9.17) is 4.42 Å². The minimum atomic E-state index is -0.303. The first-order chi connectivity index (χ1) is 11.8. The second-order valence-corrected chi connectivity index (χ2v) is 5.11. The van der Waals surface area contributed by atoms with Crippen LogP contribution in [0.1, 0.15) is 10.4 Å². The minimum absolute atomic E-state index is 0.0357. The summed E-state index contributed by atoms with van der Waals surface area (Å²) in [5.74, 6) is -0.0492. The van der Waals surface area contributed by atoms with E-state index in [9.17, 15) is 4.79 Å². The molecule has 0 aliphatic heterocycles. The van der Waals surface area contributed by atoms with Crippen LogP contribution in [0.3, 0.4) is 0 Å². The van der Waals surface area contributed by atoms with Gasteiger partial charge in [-0.15, -0.1) is 5.10 Å². The number of nitrogens with zero attached hydrogens (tertiary/aromatic N) is 3. The van der Waals surface area contributed by atoms with Gasteiger partial charge < -0.3 is 4.42 Å². The molecule has 4 aromatic rings. The molecule has 1 N–H and O–H groups in total. The molecule has 0 bridgehead atoms. The van der Waals surface area contributed by atoms with Gasteiger partial charge in [0.1, 0.15) is 5.69 Å². The number of amides is 1. The van der Waals surface area contributed by atoms with Gasteiger partial charge >= 0.3 is 6.01 Å². The van der Waals surface area contributed by atoms with Crippen molar-refractivity contribution in [2.45, 2.75) is 0 Å². The lowest BCUT2D eigenvalue weighted by Crippen LogP contribution is -2.12. The SMILES string of the molecule is O=C(Nc1nnc(-c2ccccn2)o1)c1cccc2ccccc12. The van der Waals surface area contributed by atoms with Crippen molar-refractivity contribution in [3.05, 3.63) is 72.4 Å². The number of benzene rings is 2. The van der Waals surface area contributed by atoms with E-state index in [0.717, 1.165) is 10.8 Å². The molecule has 4 rings (SSSR count). The van der Waals surface area contributed by atoms with Crippen LogP contribution in [0.4, 0.5) is 6.01 Å². The number of pyridine rings is 1. The number of carbonyl (C=O) groups excluding carboxylic acids is 1. The van der Waals surface area contributed by atoms with Gasteiger partial charge in [0.15, 0.2) is 0 Å². The first-order valence-electron chi connectivity index (χ1n) is 7.35. The standard InChI is InChI=1S/C18H12N4O2/c23-16(14-9-5-7-12-6-1-2-8-13(12)14)20-18-22-21-17(24-18)15-10-3-4-11-19-15/h1-11H,(H,20,22,23). The number of aromatic nitrogens is 3. The van der Waals surface area contributed by atoms with E-state index < -0.39 is 0 Å². The highest BCUT2D eigenvalue weighted by Gasteiger charge is 2.15. The third kappa shape index (κ3) is 2.61. The molecule has 0 aliphatic carbocycles. The van der Waals surface area contributed by atoms with Crippen LogP contribution in [0.5, 0.6) is 0 Å². The predicted molar refractivity (Wildman–Crippen MR) is 89.4 cm³/mol. The van der Waals surface area contributed by atoms with E-state index >= 15 is 0 Å². The Morgan fingerprint density at radius 2 is 1.75 bits per heavy atom. The summed E-state index contributed by atoms with van der Waals surface area (Å²) in [6.45, 7) is 0. The van der Waals surface area contributed by atoms with Gasteiger partial charge in [0, 0.05) is 11.8 Å². The fraction of sp³-hybridized carbons (Fsp3) is 0. The molecule has 0 atom stereocenters. The van der Waals surface area contributed by atoms with Crippen molar-refractivity contribution in [2.75, 3.05) is 5.32 Å². The molecule has 2 heterocycles. The third-order valence-electron chi connectivity index (χ3n) is 3.56. The minimum Gasteiger partial charge on any atom is -0.401 e. The normalized spacial score (nSPS) is 10.7. The van der Waals surface area contributed by atoms with E-state index in [0.29, 0.717) is 11.3 Å². The average Bonchev–Trinajstić information content (AvgIpc) is 3.10. The van der Waals surface area contributed by atoms with Gasteiger partial charge in [-0.1, -0.05) is 47.6 Å². The number of rotatable bonds is 3. The Kier molecular flexibility index (Phi) is 3.47. The molecule has 1 amide bonds. The van der Waals surface area contributed by atoms with Gasteiger partial charge in [-0.2, -0.15) is 0 Å². The molecule has 116 valence electrons. The summed E-state index contributed by atoms with van der Waals surface area (Å²) < 4.78 is 5.46. The Labute approximate surface area is 137 Å². The van der Waals surface area contributed by atoms with E-state index in [-0.39, 0.29) is 17.8 Å². The molecule has 0 fully saturated rings. The zero-order valence-electron chi connectivity index (χ0n) is 12.5. The molecule has 0 aliphatic rings. The second-order valence-electron chi connectivity index (χ2n) is 5.11. The summed E-state index contributed by atoms with van der Waals surface area (Å²) >= 11 is 0. The second kappa shape index (κ2) is 5.92. The molecule has 6 nitrogen and oxygen atoms in total. The van der Waals surface area contributed by atoms with Gasteiger partial charge in [-0.3, -0.25) is 15.1 Å². The largest absolute Gasteiger partial charge is 0.401 e. The van der Waals surface area contributed by atoms with Crippen LogP contribution >= 0.6 is 0 Å². The van der Waals surface area contributed by atoms with Gasteiger partial charge in [0.05, 0.1) is 0 Å². The Morgan fingerprint density at radius 1 is 0.917 bits per heavy atom. The highest BCUT2D eigenvalue weighted by molar-refractivity contribution is 6.12. The van der Waals surface area contributed by atoms with Crippen LogP contribution in [0.15, 0.2) is 71.3 Å². The molecule has 0 saturated heterocycles. The van der Waals surface area contributed by atoms with Crippen LogP contribution in [-0.4, -0.2) is 21.1 Å². The van der Waals surface area contributed by atoms with Crippen molar-refractivity contribution < 1.29 is 9.21 Å². The van der Waals surface area contributed by atoms with Crippen LogP contribution in [-0.2, 0) is 0 Å². The van der Waals surface area contributed by atoms with E-state index in [1.165, 1.54) is 0 Å². The number of hydrogen-bond acceptors (Lipinski definition) is 5. The molecule has 0 spiro atoms. The number of hydrogen-bond donors (Lipinski definition) is 1. The summed E-state index contributed by atoms with van der Waals surface area (Å²) in [7, 11) is 0. The van der Waals surface area contributed by atoms with Crippen molar-refractivity contribution in [1.82, 2.24) is 15.2 Å². The molecular formula is C18H12N4O2. The summed E-state index contributed by atoms with van der Waals surface area (Å²) in [6, 6.07) is 18.6. The maximum Gasteiger partial charge on any atom is 0.322 e. The van der Waals surface area contributed by atoms with Gasteiger partial charge in [-0.05, 0) is 29.0 Å². The summed E-state index contributed by atoms with van der Waals surface area (Å²) in [4.78, 5) is 16.7. The van der Waals surface area contributed by atoms with Crippen LogP contribution < -0.4 is 5.32 Å². The lowest BCUT2D eigenvalue weighted by Gasteiger charge is -2.05. The molecule has 0 radical (unpaired) electrons. The fourth-order valence-electron chi connectivity index (χ4n) is 2.45. The van der Waals surface area contributed by atoms with Crippen molar-refractivity contribution in [1.29, 1.82) is 0 Å². The first-order valence-corrected chi connectivity index (χ1v) is 7.35. The van der Waals surface area contributed by atoms with Gasteiger partial charge in [-0.25, -0.2) is 0 Å². The Balaban J connectivity index is 1.61. The number of carbonyl (C=O) groups is 1. The van der Waals surface area contributed by atoms with Crippen molar-refractivity contribution in [3.8, 4) is 11.6 Å². The van der Waals surface area contributed by atoms with Crippen LogP contribution in [0.2, 0.25) is 0 Å². The number of anilines is 1. The zero-order chi connectivity index (χ0) is 16.4. The van der Waals surface area contributed by atoms with Crippen LogP contribution in [0, 0.1) is 0 Å². The number of nitrogens with one attached hydrogen (secondary N) is 1. The predicted octanol–water partition coefficient (Wildman–Crippen LogP) is 3.54. The third-order valence-corrected chi connectivity index (χ3v) is 3.56. The van der Waals surface area contributed by atoms with Gasteiger partial charge in [0.2, 0.25) is 0 Å². The molecule has 2 aromatic heterocycles. The molecule has 6 heteroatoms. The molecule has 0 unspecified atom stereocenters. The maximum absolute atomic E-state index is 12.5. The van der Waals surface area contributed by atoms with Crippen molar-refractivity contribution >= 4 is 22.7 Å². The molecule has 2 aromatic carbocycles. The average molecular weight is 316 g/mol. The summed E-state index contributed by atoms with van der Waals surface area (Å²) in [5.41, 5.74) is 1.10. The Morgan fingerprint density at radius 3 is 2.62 bits per heavy atom. The fourth-order valence-corrected chi connectivity index (χ4v) is 2.45. The lowest BCUT2D eigenvalue weighted by atomic mass is 10.0. The zero-order valence-corrected chi connectivity index (χ0v) is 12.5. The van der Waals surface area contributed by atoms with E-state index in [1.54, 1.807) is 24.4 Å². The van der Waals surface area contributed by atoms with E-state index in [1.807, 2.05) is 42.5 Å². The Bertz CT molecular complexity index is 1010. The quantitative estimate of drug-likeness (QED) is 0.625. The van der Waals surface area contributed by atoms with Crippen molar-refractivity contribution in [3.63, 3.8) is 0 Å². The van der Waals surface area contributed by atoms with Gasteiger partial charge in [0.25, 0.3) is 11.8 Å². The Hall–Kier alpha value is -3.54. The summed E-state index contributed by atoms with van der Waals surface area (Å²) in [5, 5.41) is 12.2. The maximum atomic E-state index is 12.5. The van der Waals surface area contributed by atoms with E-state index in [2.05, 4.69) is 20.5 Å². The number of fused-ring (bicyclic) bond motifs is 1. The molecular weight excluding hydrogens is 304 g/mol. The van der Waals surface area contributed by atoms with Crippen LogP contribution in [0.25, 0.3) is 22.4 Å². The monoisotopic (exact) mass is 316 g/mol. The molecule has 0 saturated carbocycles. The highest BCUT2D eigenvalue weighted by atomic mass is 16.4. The van der Waals surface area contributed by atoms with Crippen molar-refractivity contribution in [2.24, 2.45) is 0 Å². The topological polar surface area (TPSA) is 80.9 Å². The smallest absolute Gasteiger partial charge is 0.322 e. The molecule has 24 heavy (non-hydrogen) atoms. The lowest BCUT2D eigenvalue weighted by molar-refractivity contribution is 0.102.